The Kier molecular flexibility index (Phi) is 37.4. The van der Waals surface area contributed by atoms with Crippen molar-refractivity contribution in [3.05, 3.63) is 0 Å². The summed E-state index contributed by atoms with van der Waals surface area (Å²) in [6.45, 7) is 4.49. The third kappa shape index (κ3) is 48.6. The van der Waals surface area contributed by atoms with Crippen LogP contribution in [-0.4, -0.2) is 60.5 Å². The molecule has 0 atom stereocenters. The van der Waals surface area contributed by atoms with E-state index in [1.807, 2.05) is 0 Å². The van der Waals surface area contributed by atoms with E-state index in [0.717, 1.165) is 25.7 Å². The normalized spacial score (nSPS) is 11.6. The minimum Gasteiger partial charge on any atom is -0.748 e. The van der Waals surface area contributed by atoms with Crippen molar-refractivity contribution in [3.8, 4) is 0 Å². The van der Waals surface area contributed by atoms with Gasteiger partial charge in [-0.05, 0) is 12.8 Å². The fourth-order valence-corrected chi connectivity index (χ4v) is 5.71. The predicted octanol–water partition coefficient (Wildman–Crippen LogP) is 8.86. The number of hydrogen-bond donors (Lipinski definition) is 0. The largest absolute Gasteiger partial charge is 2.00 e. The fraction of sp³-hybridized carbons (Fsp3) is 1.00. The fourth-order valence-electron chi connectivity index (χ4n) is 4.59. The third-order valence-corrected chi connectivity index (χ3v) is 8.57. The Morgan fingerprint density at radius 3 is 0.641 bits per heavy atom. The van der Waals surface area contributed by atoms with Crippen molar-refractivity contribution in [2.24, 2.45) is 0 Å². The van der Waals surface area contributed by atoms with Crippen molar-refractivity contribution in [2.45, 2.75) is 181 Å². The molecule has 0 aliphatic rings. The van der Waals surface area contributed by atoms with Crippen LogP contribution >= 0.6 is 0 Å². The smallest absolute Gasteiger partial charge is 0.748 e. The number of unbranched alkanes of at least 4 members (excludes halogenated alkanes) is 24. The molecule has 0 rings (SSSR count). The zero-order valence-electron chi connectivity index (χ0n) is 25.8. The van der Waals surface area contributed by atoms with Crippen LogP contribution in [0, 0.1) is 0 Å². The van der Waals surface area contributed by atoms with E-state index in [0.29, 0.717) is 12.8 Å². The molecule has 0 aromatic rings. The van der Waals surface area contributed by atoms with Gasteiger partial charge in [-0.2, -0.15) is 0 Å². The molecule has 6 nitrogen and oxygen atoms in total. The second kappa shape index (κ2) is 33.1. The Hall–Kier alpha value is 0.586. The van der Waals surface area contributed by atoms with E-state index in [1.54, 1.807) is 0 Å². The van der Waals surface area contributed by atoms with E-state index in [1.165, 1.54) is 128 Å². The molecule has 0 aromatic carbocycles. The number of hydrogen-bond acceptors (Lipinski definition) is 6. The molecule has 0 spiro atoms. The molecule has 0 saturated heterocycles. The van der Waals surface area contributed by atoms with Crippen molar-refractivity contribution in [1.29, 1.82) is 0 Å². The molecular formula is C30H62MgO6S2. The van der Waals surface area contributed by atoms with Crippen molar-refractivity contribution in [3.63, 3.8) is 0 Å². The minimum atomic E-state index is -3.99. The van der Waals surface area contributed by atoms with Crippen molar-refractivity contribution in [2.75, 3.05) is 11.5 Å². The molecule has 0 unspecified atom stereocenters. The van der Waals surface area contributed by atoms with Gasteiger partial charge in [-0.15, -0.1) is 0 Å². The molecule has 39 heavy (non-hydrogen) atoms. The van der Waals surface area contributed by atoms with Gasteiger partial charge < -0.3 is 9.11 Å². The summed E-state index contributed by atoms with van der Waals surface area (Å²) < 4.78 is 62.3. The average molecular weight is 607 g/mol. The van der Waals surface area contributed by atoms with Gasteiger partial charge in [0.15, 0.2) is 0 Å². The molecule has 9 heteroatoms. The molecule has 0 radical (unpaired) electrons. The predicted molar refractivity (Wildman–Crippen MR) is 166 cm³/mol. The maximum absolute atomic E-state index is 10.4. The molecule has 232 valence electrons. The van der Waals surface area contributed by atoms with Crippen LogP contribution in [0.3, 0.4) is 0 Å². The Morgan fingerprint density at radius 1 is 0.333 bits per heavy atom. The third-order valence-electron chi connectivity index (χ3n) is 7.00. The van der Waals surface area contributed by atoms with Crippen LogP contribution in [0.15, 0.2) is 0 Å². The second-order valence-electron chi connectivity index (χ2n) is 11.0. The summed E-state index contributed by atoms with van der Waals surface area (Å²) >= 11 is 0. The van der Waals surface area contributed by atoms with Gasteiger partial charge in [0.05, 0.1) is 20.2 Å². The first-order valence-electron chi connectivity index (χ1n) is 16.0. The average Bonchev–Trinajstić information content (AvgIpc) is 2.84. The Morgan fingerprint density at radius 2 is 0.487 bits per heavy atom. The van der Waals surface area contributed by atoms with Crippen molar-refractivity contribution < 1.29 is 25.9 Å². The van der Waals surface area contributed by atoms with Gasteiger partial charge in [0.1, 0.15) is 0 Å². The van der Waals surface area contributed by atoms with Gasteiger partial charge in [0, 0.05) is 11.5 Å². The van der Waals surface area contributed by atoms with Gasteiger partial charge in [0.2, 0.25) is 0 Å². The molecule has 0 fully saturated rings. The molecule has 0 aliphatic carbocycles. The minimum absolute atomic E-state index is 0. The van der Waals surface area contributed by atoms with Crippen LogP contribution in [0.5, 0.6) is 0 Å². The van der Waals surface area contributed by atoms with E-state index in [-0.39, 0.29) is 34.6 Å². The van der Waals surface area contributed by atoms with Crippen LogP contribution < -0.4 is 0 Å². The molecule has 0 bridgehead atoms. The summed E-state index contributed by atoms with van der Waals surface area (Å²) in [6, 6.07) is 0. The maximum atomic E-state index is 10.4. The summed E-state index contributed by atoms with van der Waals surface area (Å²) in [4.78, 5) is 0. The Balaban J connectivity index is -0.000000648. The van der Waals surface area contributed by atoms with Crippen LogP contribution in [0.25, 0.3) is 0 Å². The van der Waals surface area contributed by atoms with Crippen LogP contribution in [-0.2, 0) is 20.2 Å². The first-order valence-corrected chi connectivity index (χ1v) is 19.1. The Bertz CT molecular complexity index is 611. The Labute approximate surface area is 260 Å². The molecule has 0 aromatic heterocycles. The molecule has 0 aliphatic heterocycles. The standard InChI is InChI=1S/2C15H32O3S.Mg/c2*1-2-3-4-5-6-7-8-9-10-11-12-13-14-15-19(16,17)18;/h2*2-15H2,1H3,(H,16,17,18);/q;;+2/p-2. The van der Waals surface area contributed by atoms with Crippen LogP contribution in [0.1, 0.15) is 181 Å². The van der Waals surface area contributed by atoms with E-state index in [9.17, 15) is 25.9 Å². The quantitative estimate of drug-likeness (QED) is 0.0499. The van der Waals surface area contributed by atoms with Gasteiger partial charge in [0.25, 0.3) is 0 Å². The molecule has 0 amide bonds. The summed E-state index contributed by atoms with van der Waals surface area (Å²) in [5.41, 5.74) is 0. The second-order valence-corrected chi connectivity index (χ2v) is 14.1. The first kappa shape index (κ1) is 44.0. The molecule has 0 saturated carbocycles. The summed E-state index contributed by atoms with van der Waals surface area (Å²) in [5, 5.41) is 0. The topological polar surface area (TPSA) is 114 Å². The zero-order chi connectivity index (χ0) is 28.8. The summed E-state index contributed by atoms with van der Waals surface area (Å²) in [6.07, 6.45) is 31.4. The van der Waals surface area contributed by atoms with E-state index in [4.69, 9.17) is 0 Å². The zero-order valence-corrected chi connectivity index (χ0v) is 28.8. The summed E-state index contributed by atoms with van der Waals surface area (Å²) in [7, 11) is -7.98. The van der Waals surface area contributed by atoms with E-state index >= 15 is 0 Å². The number of rotatable bonds is 28. The maximum Gasteiger partial charge on any atom is 2.00 e. The molecular weight excluding hydrogens is 545 g/mol. The van der Waals surface area contributed by atoms with Gasteiger partial charge in [-0.25, -0.2) is 16.8 Å². The first-order chi connectivity index (χ1) is 18.1. The van der Waals surface area contributed by atoms with Gasteiger partial charge in [-0.1, -0.05) is 168 Å². The van der Waals surface area contributed by atoms with Crippen LogP contribution in [0.4, 0.5) is 0 Å². The monoisotopic (exact) mass is 606 g/mol. The molecule has 0 N–H and O–H groups in total. The molecule has 0 heterocycles. The van der Waals surface area contributed by atoms with Crippen molar-refractivity contribution >= 4 is 43.3 Å². The van der Waals surface area contributed by atoms with Gasteiger partial charge >= 0.3 is 23.1 Å². The van der Waals surface area contributed by atoms with Crippen molar-refractivity contribution in [1.82, 2.24) is 0 Å². The van der Waals surface area contributed by atoms with Gasteiger partial charge in [-0.3, -0.25) is 0 Å². The van der Waals surface area contributed by atoms with E-state index in [2.05, 4.69) is 13.8 Å². The SMILES string of the molecule is CCCCCCCCCCCCCCCS(=O)(=O)[O-].CCCCCCCCCCCCCCCS(=O)(=O)[O-].[Mg+2]. The van der Waals surface area contributed by atoms with Crippen LogP contribution in [0.2, 0.25) is 0 Å². The van der Waals surface area contributed by atoms with E-state index < -0.39 is 20.2 Å². The summed E-state index contributed by atoms with van der Waals surface area (Å²) in [5.74, 6) is -0.379.